The van der Waals surface area contributed by atoms with Gasteiger partial charge in [0.05, 0.1) is 27.1 Å². The first-order chi connectivity index (χ1) is 14.5. The second-order valence-electron chi connectivity index (χ2n) is 8.65. The van der Waals surface area contributed by atoms with Gasteiger partial charge in [0.15, 0.2) is 5.76 Å². The molecular formula is C21H25ClN4O3S. The van der Waals surface area contributed by atoms with Gasteiger partial charge >= 0.3 is 0 Å². The van der Waals surface area contributed by atoms with E-state index in [9.17, 15) is 9.59 Å². The topological polar surface area (TPSA) is 69.9 Å². The van der Waals surface area contributed by atoms with E-state index in [4.69, 9.17) is 16.1 Å². The molecule has 0 unspecified atom stereocenters. The van der Waals surface area contributed by atoms with Gasteiger partial charge in [0.2, 0.25) is 11.8 Å². The second-order valence-corrected chi connectivity index (χ2v) is 10.4. The summed E-state index contributed by atoms with van der Waals surface area (Å²) in [5.74, 6) is -0.0304. The summed E-state index contributed by atoms with van der Waals surface area (Å²) >= 11 is 7.49. The van der Waals surface area contributed by atoms with Crippen LogP contribution in [0, 0.1) is 11.8 Å². The minimum atomic E-state index is -0.368. The van der Waals surface area contributed by atoms with Crippen LogP contribution in [0.1, 0.15) is 31.0 Å². The molecule has 0 N–H and O–H groups in total. The van der Waals surface area contributed by atoms with Gasteiger partial charge in [-0.3, -0.25) is 19.4 Å². The average molecular weight is 449 g/mol. The van der Waals surface area contributed by atoms with Crippen molar-refractivity contribution >= 4 is 34.8 Å². The van der Waals surface area contributed by atoms with Crippen LogP contribution < -0.4 is 0 Å². The highest BCUT2D eigenvalue weighted by molar-refractivity contribution is 7.19. The van der Waals surface area contributed by atoms with E-state index in [1.807, 2.05) is 32.3 Å². The number of imide groups is 1. The number of aromatic nitrogens is 1. The average Bonchev–Trinajstić information content (AvgIpc) is 3.47. The van der Waals surface area contributed by atoms with Gasteiger partial charge in [-0.15, -0.1) is 11.3 Å². The van der Waals surface area contributed by atoms with Crippen molar-refractivity contribution in [2.45, 2.75) is 31.3 Å². The van der Waals surface area contributed by atoms with E-state index >= 15 is 0 Å². The zero-order valence-electron chi connectivity index (χ0n) is 17.1. The lowest BCUT2D eigenvalue weighted by Gasteiger charge is -2.27. The van der Waals surface area contributed by atoms with Crippen molar-refractivity contribution in [2.75, 3.05) is 33.7 Å². The van der Waals surface area contributed by atoms with Gasteiger partial charge in [-0.05, 0) is 58.6 Å². The molecular weight excluding hydrogens is 424 g/mol. The van der Waals surface area contributed by atoms with Gasteiger partial charge < -0.3 is 9.42 Å². The second kappa shape index (κ2) is 7.75. The van der Waals surface area contributed by atoms with Crippen LogP contribution in [-0.2, 0) is 9.59 Å². The highest BCUT2D eigenvalue weighted by atomic mass is 35.5. The van der Waals surface area contributed by atoms with Crippen molar-refractivity contribution in [3.05, 3.63) is 28.2 Å². The van der Waals surface area contributed by atoms with Crippen LogP contribution in [0.4, 0.5) is 0 Å². The third kappa shape index (κ3) is 3.21. The Labute approximate surface area is 184 Å². The summed E-state index contributed by atoms with van der Waals surface area (Å²) in [6.45, 7) is 2.22. The molecule has 0 bridgehead atoms. The first-order valence-corrected chi connectivity index (χ1v) is 11.6. The van der Waals surface area contributed by atoms with E-state index in [0.29, 0.717) is 16.6 Å². The van der Waals surface area contributed by atoms with E-state index < -0.39 is 0 Å². The molecule has 0 radical (unpaired) electrons. The molecule has 3 fully saturated rings. The van der Waals surface area contributed by atoms with Crippen molar-refractivity contribution in [1.29, 1.82) is 0 Å². The fourth-order valence-corrected chi connectivity index (χ4v) is 6.37. The van der Waals surface area contributed by atoms with Crippen LogP contribution >= 0.6 is 22.9 Å². The molecule has 30 heavy (non-hydrogen) atoms. The largest absolute Gasteiger partial charge is 0.355 e. The van der Waals surface area contributed by atoms with Crippen LogP contribution in [0.3, 0.4) is 0 Å². The van der Waals surface area contributed by atoms with Gasteiger partial charge in [-0.2, -0.15) is 0 Å². The molecule has 0 saturated carbocycles. The number of hydrogen-bond acceptors (Lipinski definition) is 7. The molecule has 5 heterocycles. The molecule has 4 atom stereocenters. The normalized spacial score (nSPS) is 28.7. The molecule has 3 aliphatic heterocycles. The molecule has 160 valence electrons. The number of hydrogen-bond donors (Lipinski definition) is 0. The quantitative estimate of drug-likeness (QED) is 0.632. The number of likely N-dealkylation sites (tertiary alicyclic amines) is 1. The zero-order chi connectivity index (χ0) is 21.0. The van der Waals surface area contributed by atoms with E-state index in [-0.39, 0.29) is 35.7 Å². The molecule has 0 spiro atoms. The van der Waals surface area contributed by atoms with Gasteiger partial charge in [0.25, 0.3) is 0 Å². The molecule has 5 rings (SSSR count). The third-order valence-corrected chi connectivity index (χ3v) is 7.82. The minimum absolute atomic E-state index is 0.00286. The van der Waals surface area contributed by atoms with Crippen molar-refractivity contribution in [3.63, 3.8) is 0 Å². The van der Waals surface area contributed by atoms with Gasteiger partial charge in [0.1, 0.15) is 5.69 Å². The number of fused-ring (bicyclic) bond motifs is 3. The molecule has 3 aliphatic rings. The Kier molecular flexibility index (Phi) is 5.21. The fraction of sp³-hybridized carbons (Fsp3) is 0.571. The van der Waals surface area contributed by atoms with Crippen LogP contribution in [0.2, 0.25) is 4.34 Å². The monoisotopic (exact) mass is 448 g/mol. The Morgan fingerprint density at radius 1 is 1.27 bits per heavy atom. The molecule has 9 heteroatoms. The van der Waals surface area contributed by atoms with Crippen LogP contribution in [0.15, 0.2) is 22.7 Å². The third-order valence-electron chi connectivity index (χ3n) is 6.58. The maximum atomic E-state index is 13.4. The summed E-state index contributed by atoms with van der Waals surface area (Å²) in [5.41, 5.74) is 0.741. The minimum Gasteiger partial charge on any atom is -0.355 e. The molecule has 3 saturated heterocycles. The van der Waals surface area contributed by atoms with E-state index in [1.54, 1.807) is 0 Å². The summed E-state index contributed by atoms with van der Waals surface area (Å²) in [7, 11) is 4.00. The van der Waals surface area contributed by atoms with E-state index in [0.717, 1.165) is 42.9 Å². The standard InChI is InChI=1S/C21H25ClN4O3S/c1-24(2)8-4-10-26-20(27)17-13-5-3-9-25(13)19(18(17)21(26)28)12-11-14(29-23-12)15-6-7-16(22)30-15/h6-7,11,13,17-19H,3-5,8-10H2,1-2H3/t13-,17-,18-,19-/m0/s1. The number of rotatable bonds is 6. The van der Waals surface area contributed by atoms with Gasteiger partial charge in [-0.1, -0.05) is 16.8 Å². The first-order valence-electron chi connectivity index (χ1n) is 10.4. The molecule has 2 amide bonds. The highest BCUT2D eigenvalue weighted by Gasteiger charge is 2.63. The lowest BCUT2D eigenvalue weighted by molar-refractivity contribution is -0.141. The summed E-state index contributed by atoms with van der Waals surface area (Å²) in [4.78, 5) is 33.4. The van der Waals surface area contributed by atoms with Crippen molar-refractivity contribution in [3.8, 4) is 10.6 Å². The maximum absolute atomic E-state index is 13.4. The number of nitrogens with zero attached hydrogens (tertiary/aromatic N) is 4. The Morgan fingerprint density at radius 2 is 2.07 bits per heavy atom. The van der Waals surface area contributed by atoms with E-state index in [1.165, 1.54) is 16.2 Å². The Hall–Kier alpha value is -1.74. The molecule has 2 aromatic heterocycles. The van der Waals surface area contributed by atoms with Crippen molar-refractivity contribution < 1.29 is 14.1 Å². The number of carbonyl (C=O) groups excluding carboxylic acids is 2. The number of carbonyl (C=O) groups is 2. The molecule has 0 aliphatic carbocycles. The van der Waals surface area contributed by atoms with Crippen LogP contribution in [0.5, 0.6) is 0 Å². The summed E-state index contributed by atoms with van der Waals surface area (Å²) in [5, 5.41) is 4.33. The Bertz CT molecular complexity index is 973. The number of thiophene rings is 1. The highest BCUT2D eigenvalue weighted by Crippen LogP contribution is 2.53. The van der Waals surface area contributed by atoms with Crippen LogP contribution in [-0.4, -0.2) is 71.4 Å². The molecule has 0 aromatic carbocycles. The first kappa shape index (κ1) is 20.2. The smallest absolute Gasteiger partial charge is 0.235 e. The predicted octanol–water partition coefficient (Wildman–Crippen LogP) is 3.13. The lowest BCUT2D eigenvalue weighted by Crippen LogP contribution is -2.40. The van der Waals surface area contributed by atoms with E-state index in [2.05, 4.69) is 15.0 Å². The molecule has 7 nitrogen and oxygen atoms in total. The Balaban J connectivity index is 1.43. The summed E-state index contributed by atoms with van der Waals surface area (Å²) in [6, 6.07) is 5.56. The molecule has 2 aromatic rings. The predicted molar refractivity (Wildman–Crippen MR) is 114 cm³/mol. The summed E-state index contributed by atoms with van der Waals surface area (Å²) in [6.07, 6.45) is 2.78. The van der Waals surface area contributed by atoms with Crippen molar-refractivity contribution in [2.24, 2.45) is 11.8 Å². The fourth-order valence-electron chi connectivity index (χ4n) is 5.37. The maximum Gasteiger partial charge on any atom is 0.235 e. The zero-order valence-corrected chi connectivity index (χ0v) is 18.7. The summed E-state index contributed by atoms with van der Waals surface area (Å²) < 4.78 is 6.30. The number of amides is 2. The van der Waals surface area contributed by atoms with Gasteiger partial charge in [-0.25, -0.2) is 0 Å². The lowest BCUT2D eigenvalue weighted by atomic mass is 9.86. The number of halogens is 1. The SMILES string of the molecule is CN(C)CCCN1C(=O)[C@@H]2[C@H](C1=O)[C@H](c1cc(-c3ccc(Cl)s3)on1)N1CCC[C@@H]21. The van der Waals surface area contributed by atoms with Gasteiger partial charge in [0, 0.05) is 18.7 Å². The Morgan fingerprint density at radius 3 is 2.80 bits per heavy atom. The van der Waals surface area contributed by atoms with Crippen molar-refractivity contribution in [1.82, 2.24) is 19.9 Å². The van der Waals surface area contributed by atoms with Crippen LogP contribution in [0.25, 0.3) is 10.6 Å².